The lowest BCUT2D eigenvalue weighted by Crippen LogP contribution is -2.10. The standard InChI is InChI=1S/C15H19N3O3/c1-4-21-15(19)13-14(16)18(10(2)17-13)9-11-6-5-7-12(8-11)20-3/h5-8H,4,9,16H2,1-3H3. The second kappa shape index (κ2) is 6.30. The number of aryl methyl sites for hydroxylation is 1. The van der Waals surface area contributed by atoms with Crippen LogP contribution >= 0.6 is 0 Å². The second-order valence-corrected chi connectivity index (χ2v) is 4.55. The van der Waals surface area contributed by atoms with Gasteiger partial charge in [0.05, 0.1) is 20.3 Å². The van der Waals surface area contributed by atoms with Crippen molar-refractivity contribution < 1.29 is 14.3 Å². The fraction of sp³-hybridized carbons (Fsp3) is 0.333. The summed E-state index contributed by atoms with van der Waals surface area (Å²) in [5.74, 6) is 1.25. The summed E-state index contributed by atoms with van der Waals surface area (Å²) < 4.78 is 11.9. The van der Waals surface area contributed by atoms with Crippen LogP contribution in [0.15, 0.2) is 24.3 Å². The van der Waals surface area contributed by atoms with E-state index in [1.807, 2.05) is 24.3 Å². The summed E-state index contributed by atoms with van der Waals surface area (Å²) in [6.07, 6.45) is 0. The maximum atomic E-state index is 11.8. The van der Waals surface area contributed by atoms with Crippen LogP contribution in [0.3, 0.4) is 0 Å². The van der Waals surface area contributed by atoms with Crippen LogP contribution < -0.4 is 10.5 Å². The van der Waals surface area contributed by atoms with E-state index in [2.05, 4.69) is 4.98 Å². The van der Waals surface area contributed by atoms with Crippen molar-refractivity contribution in [1.82, 2.24) is 9.55 Å². The number of hydrogen-bond acceptors (Lipinski definition) is 5. The summed E-state index contributed by atoms with van der Waals surface area (Å²) in [6, 6.07) is 7.66. The van der Waals surface area contributed by atoms with Crippen molar-refractivity contribution in [2.24, 2.45) is 0 Å². The van der Waals surface area contributed by atoms with E-state index in [1.54, 1.807) is 25.5 Å². The number of imidazole rings is 1. The van der Waals surface area contributed by atoms with Gasteiger partial charge in [0, 0.05) is 0 Å². The Kier molecular flexibility index (Phi) is 4.47. The van der Waals surface area contributed by atoms with Crippen LogP contribution in [0.1, 0.15) is 28.8 Å². The number of anilines is 1. The molecule has 2 rings (SSSR count). The fourth-order valence-corrected chi connectivity index (χ4v) is 2.08. The number of hydrogen-bond donors (Lipinski definition) is 1. The van der Waals surface area contributed by atoms with Crippen molar-refractivity contribution in [1.29, 1.82) is 0 Å². The number of esters is 1. The molecule has 0 aliphatic carbocycles. The molecule has 2 aromatic rings. The maximum Gasteiger partial charge on any atom is 0.360 e. The highest BCUT2D eigenvalue weighted by Crippen LogP contribution is 2.19. The molecule has 1 aromatic heterocycles. The first kappa shape index (κ1) is 14.9. The topological polar surface area (TPSA) is 79.4 Å². The van der Waals surface area contributed by atoms with Crippen molar-refractivity contribution in [3.63, 3.8) is 0 Å². The van der Waals surface area contributed by atoms with Gasteiger partial charge in [-0.1, -0.05) is 12.1 Å². The van der Waals surface area contributed by atoms with E-state index in [1.165, 1.54) is 0 Å². The number of benzene rings is 1. The predicted octanol–water partition coefficient (Wildman–Crippen LogP) is 2.01. The van der Waals surface area contributed by atoms with Crippen LogP contribution in [-0.2, 0) is 11.3 Å². The molecule has 0 saturated carbocycles. The number of nitrogens with two attached hydrogens (primary N) is 1. The molecule has 0 atom stereocenters. The summed E-state index contributed by atoms with van der Waals surface area (Å²) in [7, 11) is 1.62. The predicted molar refractivity (Wildman–Crippen MR) is 79.4 cm³/mol. The number of carbonyl (C=O) groups excluding carboxylic acids is 1. The van der Waals surface area contributed by atoms with Gasteiger partial charge in [0.25, 0.3) is 0 Å². The number of carbonyl (C=O) groups is 1. The van der Waals surface area contributed by atoms with E-state index in [0.717, 1.165) is 11.3 Å². The van der Waals surface area contributed by atoms with Crippen LogP contribution in [0.25, 0.3) is 0 Å². The van der Waals surface area contributed by atoms with E-state index in [0.29, 0.717) is 24.8 Å². The van der Waals surface area contributed by atoms with Gasteiger partial charge in [-0.2, -0.15) is 0 Å². The Morgan fingerprint density at radius 3 is 2.86 bits per heavy atom. The lowest BCUT2D eigenvalue weighted by Gasteiger charge is -2.09. The number of rotatable bonds is 5. The van der Waals surface area contributed by atoms with Crippen LogP contribution in [0, 0.1) is 6.92 Å². The largest absolute Gasteiger partial charge is 0.497 e. The molecule has 0 aliphatic heterocycles. The number of ether oxygens (including phenoxy) is 2. The highest BCUT2D eigenvalue weighted by Gasteiger charge is 2.19. The normalized spacial score (nSPS) is 10.4. The van der Waals surface area contributed by atoms with Gasteiger partial charge in [0.1, 0.15) is 17.4 Å². The average molecular weight is 289 g/mol. The molecule has 112 valence electrons. The molecular formula is C15H19N3O3. The zero-order valence-electron chi connectivity index (χ0n) is 12.4. The number of nitrogen functional groups attached to an aromatic ring is 1. The van der Waals surface area contributed by atoms with Gasteiger partial charge in [0.2, 0.25) is 0 Å². The molecule has 1 heterocycles. The van der Waals surface area contributed by atoms with Crippen LogP contribution in [0.4, 0.5) is 5.82 Å². The van der Waals surface area contributed by atoms with Gasteiger partial charge in [0.15, 0.2) is 5.69 Å². The third kappa shape index (κ3) is 3.16. The van der Waals surface area contributed by atoms with E-state index < -0.39 is 5.97 Å². The highest BCUT2D eigenvalue weighted by molar-refractivity contribution is 5.92. The van der Waals surface area contributed by atoms with Gasteiger partial charge < -0.3 is 19.8 Å². The number of nitrogens with zero attached hydrogens (tertiary/aromatic N) is 2. The molecule has 0 unspecified atom stereocenters. The SMILES string of the molecule is CCOC(=O)c1nc(C)n(Cc2cccc(OC)c2)c1N. The maximum absolute atomic E-state index is 11.8. The summed E-state index contributed by atoms with van der Waals surface area (Å²) in [5.41, 5.74) is 7.20. The molecular weight excluding hydrogens is 270 g/mol. The van der Waals surface area contributed by atoms with Gasteiger partial charge in [-0.05, 0) is 31.5 Å². The minimum atomic E-state index is -0.498. The van der Waals surface area contributed by atoms with Crippen molar-refractivity contribution in [3.05, 3.63) is 41.3 Å². The van der Waals surface area contributed by atoms with Crippen LogP contribution in [0.2, 0.25) is 0 Å². The molecule has 0 spiro atoms. The Morgan fingerprint density at radius 2 is 2.19 bits per heavy atom. The molecule has 0 fully saturated rings. The lowest BCUT2D eigenvalue weighted by atomic mass is 10.2. The van der Waals surface area contributed by atoms with E-state index in [4.69, 9.17) is 15.2 Å². The van der Waals surface area contributed by atoms with Crippen LogP contribution in [-0.4, -0.2) is 29.2 Å². The number of methoxy groups -OCH3 is 1. The fourth-order valence-electron chi connectivity index (χ4n) is 2.08. The van der Waals surface area contributed by atoms with Crippen molar-refractivity contribution in [2.45, 2.75) is 20.4 Å². The quantitative estimate of drug-likeness (QED) is 0.852. The molecule has 6 heteroatoms. The minimum absolute atomic E-state index is 0.164. The van der Waals surface area contributed by atoms with E-state index >= 15 is 0 Å². The zero-order chi connectivity index (χ0) is 15.4. The molecule has 0 amide bonds. The van der Waals surface area contributed by atoms with Gasteiger partial charge in [-0.3, -0.25) is 0 Å². The lowest BCUT2D eigenvalue weighted by molar-refractivity contribution is 0.0521. The molecule has 0 saturated heterocycles. The molecule has 1 aromatic carbocycles. The van der Waals surface area contributed by atoms with Gasteiger partial charge in [-0.25, -0.2) is 9.78 Å². The Balaban J connectivity index is 2.30. The van der Waals surface area contributed by atoms with Crippen LogP contribution in [0.5, 0.6) is 5.75 Å². The molecule has 0 aliphatic rings. The third-order valence-corrected chi connectivity index (χ3v) is 3.14. The summed E-state index contributed by atoms with van der Waals surface area (Å²) in [6.45, 7) is 4.36. The Morgan fingerprint density at radius 1 is 1.43 bits per heavy atom. The van der Waals surface area contributed by atoms with E-state index in [9.17, 15) is 4.79 Å². The summed E-state index contributed by atoms with van der Waals surface area (Å²) in [5, 5.41) is 0. The first-order valence-corrected chi connectivity index (χ1v) is 6.69. The first-order valence-electron chi connectivity index (χ1n) is 6.69. The number of aromatic nitrogens is 2. The molecule has 0 bridgehead atoms. The molecule has 0 radical (unpaired) electrons. The Bertz CT molecular complexity index is 650. The second-order valence-electron chi connectivity index (χ2n) is 4.55. The monoisotopic (exact) mass is 289 g/mol. The zero-order valence-corrected chi connectivity index (χ0v) is 12.4. The third-order valence-electron chi connectivity index (χ3n) is 3.14. The highest BCUT2D eigenvalue weighted by atomic mass is 16.5. The Labute approximate surface area is 123 Å². The van der Waals surface area contributed by atoms with E-state index in [-0.39, 0.29) is 5.69 Å². The van der Waals surface area contributed by atoms with Crippen molar-refractivity contribution >= 4 is 11.8 Å². The molecule has 6 nitrogen and oxygen atoms in total. The van der Waals surface area contributed by atoms with Gasteiger partial charge >= 0.3 is 5.97 Å². The summed E-state index contributed by atoms with van der Waals surface area (Å²) in [4.78, 5) is 16.0. The van der Waals surface area contributed by atoms with Gasteiger partial charge in [-0.15, -0.1) is 0 Å². The molecule has 2 N–H and O–H groups in total. The smallest absolute Gasteiger partial charge is 0.360 e. The van der Waals surface area contributed by atoms with Crippen molar-refractivity contribution in [3.8, 4) is 5.75 Å². The molecule has 21 heavy (non-hydrogen) atoms. The first-order chi connectivity index (χ1) is 10.1. The van der Waals surface area contributed by atoms with Crippen molar-refractivity contribution in [2.75, 3.05) is 19.5 Å². The summed E-state index contributed by atoms with van der Waals surface area (Å²) >= 11 is 0. The average Bonchev–Trinajstić information content (AvgIpc) is 2.76. The minimum Gasteiger partial charge on any atom is -0.497 e. The Hall–Kier alpha value is -2.50.